The Labute approximate surface area is 147 Å². The van der Waals surface area contributed by atoms with Crippen LogP contribution in [0.3, 0.4) is 0 Å². The third-order valence-corrected chi connectivity index (χ3v) is 4.09. The monoisotopic (exact) mass is 341 g/mol. The van der Waals surface area contributed by atoms with Crippen molar-refractivity contribution in [2.45, 2.75) is 26.2 Å². The Morgan fingerprint density at radius 3 is 2.28 bits per heavy atom. The smallest absolute Gasteiger partial charge is 0.304 e. The summed E-state index contributed by atoms with van der Waals surface area (Å²) < 4.78 is 5.37. The van der Waals surface area contributed by atoms with Gasteiger partial charge < -0.3 is 15.2 Å². The first-order valence-corrected chi connectivity index (χ1v) is 8.31. The van der Waals surface area contributed by atoms with E-state index in [0.717, 1.165) is 11.3 Å². The van der Waals surface area contributed by atoms with Crippen LogP contribution in [0.2, 0.25) is 0 Å². The molecule has 2 unspecified atom stereocenters. The van der Waals surface area contributed by atoms with Gasteiger partial charge in [0.1, 0.15) is 5.75 Å². The van der Waals surface area contributed by atoms with Gasteiger partial charge in [0.2, 0.25) is 5.91 Å². The molecule has 0 aliphatic carbocycles. The highest BCUT2D eigenvalue weighted by Gasteiger charge is 2.28. The van der Waals surface area contributed by atoms with E-state index in [-0.39, 0.29) is 18.2 Å². The number of hydrogen-bond acceptors (Lipinski definition) is 3. The van der Waals surface area contributed by atoms with E-state index in [1.54, 1.807) is 24.3 Å². The highest BCUT2D eigenvalue weighted by Crippen LogP contribution is 2.28. The fraction of sp³-hybridized carbons (Fsp3) is 0.300. The van der Waals surface area contributed by atoms with Crippen molar-refractivity contribution in [2.75, 3.05) is 11.9 Å². The molecule has 0 aliphatic heterocycles. The van der Waals surface area contributed by atoms with Gasteiger partial charge in [-0.3, -0.25) is 9.59 Å². The SMILES string of the molecule is CCOc1ccc(NC(=O)C(CC(=O)O)C(C)c2ccccc2)cc1. The molecule has 0 spiro atoms. The lowest BCUT2D eigenvalue weighted by Gasteiger charge is -2.22. The number of rotatable bonds is 8. The molecule has 2 N–H and O–H groups in total. The molecule has 5 heteroatoms. The molecule has 0 bridgehead atoms. The third-order valence-electron chi connectivity index (χ3n) is 4.09. The van der Waals surface area contributed by atoms with Crippen LogP contribution in [0.5, 0.6) is 5.75 Å². The van der Waals surface area contributed by atoms with Gasteiger partial charge in [0.15, 0.2) is 0 Å². The molecule has 2 rings (SSSR count). The van der Waals surface area contributed by atoms with E-state index in [2.05, 4.69) is 5.32 Å². The third kappa shape index (κ3) is 5.35. The van der Waals surface area contributed by atoms with Crippen LogP contribution in [0.15, 0.2) is 54.6 Å². The minimum absolute atomic E-state index is 0.208. The molecule has 0 saturated carbocycles. The summed E-state index contributed by atoms with van der Waals surface area (Å²) >= 11 is 0. The highest BCUT2D eigenvalue weighted by molar-refractivity contribution is 5.95. The summed E-state index contributed by atoms with van der Waals surface area (Å²) in [5.41, 5.74) is 1.56. The molecule has 0 saturated heterocycles. The van der Waals surface area contributed by atoms with Crippen LogP contribution >= 0.6 is 0 Å². The molecule has 5 nitrogen and oxygen atoms in total. The first kappa shape index (κ1) is 18.5. The number of nitrogens with one attached hydrogen (secondary N) is 1. The normalized spacial score (nSPS) is 12.9. The van der Waals surface area contributed by atoms with Crippen LogP contribution in [-0.2, 0) is 9.59 Å². The molecule has 25 heavy (non-hydrogen) atoms. The van der Waals surface area contributed by atoms with Crippen molar-refractivity contribution < 1.29 is 19.4 Å². The lowest BCUT2D eigenvalue weighted by Crippen LogP contribution is -2.29. The zero-order valence-electron chi connectivity index (χ0n) is 14.4. The maximum Gasteiger partial charge on any atom is 0.304 e. The number of carboxylic acids is 1. The minimum atomic E-state index is -0.991. The molecule has 0 radical (unpaired) electrons. The van der Waals surface area contributed by atoms with Crippen molar-refractivity contribution in [2.24, 2.45) is 5.92 Å². The zero-order valence-corrected chi connectivity index (χ0v) is 14.4. The number of hydrogen-bond donors (Lipinski definition) is 2. The molecule has 1 amide bonds. The largest absolute Gasteiger partial charge is 0.494 e. The molecule has 0 aliphatic rings. The van der Waals surface area contributed by atoms with Crippen molar-refractivity contribution >= 4 is 17.6 Å². The lowest BCUT2D eigenvalue weighted by molar-refractivity contribution is -0.140. The fourth-order valence-electron chi connectivity index (χ4n) is 2.71. The Kier molecular flexibility index (Phi) is 6.57. The van der Waals surface area contributed by atoms with Crippen LogP contribution in [0.25, 0.3) is 0 Å². The molecule has 2 atom stereocenters. The Hall–Kier alpha value is -2.82. The first-order chi connectivity index (χ1) is 12.0. The van der Waals surface area contributed by atoms with Gasteiger partial charge in [-0.1, -0.05) is 37.3 Å². The van der Waals surface area contributed by atoms with Crippen LogP contribution in [0.4, 0.5) is 5.69 Å². The maximum absolute atomic E-state index is 12.7. The molecular weight excluding hydrogens is 318 g/mol. The Balaban J connectivity index is 2.13. The Morgan fingerprint density at radius 1 is 1.08 bits per heavy atom. The van der Waals surface area contributed by atoms with Gasteiger partial charge in [0.25, 0.3) is 0 Å². The second-order valence-corrected chi connectivity index (χ2v) is 5.85. The molecule has 132 valence electrons. The van der Waals surface area contributed by atoms with Gasteiger partial charge in [0.05, 0.1) is 18.9 Å². The minimum Gasteiger partial charge on any atom is -0.494 e. The van der Waals surface area contributed by atoms with Gasteiger partial charge in [-0.05, 0) is 42.7 Å². The van der Waals surface area contributed by atoms with Crippen molar-refractivity contribution in [1.82, 2.24) is 0 Å². The van der Waals surface area contributed by atoms with Crippen LogP contribution in [0.1, 0.15) is 31.7 Å². The zero-order chi connectivity index (χ0) is 18.2. The van der Waals surface area contributed by atoms with E-state index >= 15 is 0 Å². The average Bonchev–Trinajstić information content (AvgIpc) is 2.61. The van der Waals surface area contributed by atoms with E-state index in [9.17, 15) is 14.7 Å². The number of benzene rings is 2. The number of carboxylic acid groups (broad SMARTS) is 1. The number of amides is 1. The van der Waals surface area contributed by atoms with Gasteiger partial charge in [0, 0.05) is 5.69 Å². The predicted octanol–water partition coefficient (Wildman–Crippen LogP) is 3.92. The molecule has 0 aromatic heterocycles. The Morgan fingerprint density at radius 2 is 1.72 bits per heavy atom. The van der Waals surface area contributed by atoms with Gasteiger partial charge in [-0.25, -0.2) is 0 Å². The molecular formula is C20H23NO4. The van der Waals surface area contributed by atoms with E-state index in [0.29, 0.717) is 12.3 Å². The van der Waals surface area contributed by atoms with Crippen LogP contribution < -0.4 is 10.1 Å². The second kappa shape index (κ2) is 8.87. The maximum atomic E-state index is 12.7. The van der Waals surface area contributed by atoms with Gasteiger partial charge in [-0.2, -0.15) is 0 Å². The molecule has 2 aromatic rings. The summed E-state index contributed by atoms with van der Waals surface area (Å²) in [6, 6.07) is 16.5. The number of anilines is 1. The summed E-state index contributed by atoms with van der Waals surface area (Å²) in [6.45, 7) is 4.35. The van der Waals surface area contributed by atoms with E-state index in [1.165, 1.54) is 0 Å². The number of carbonyl (C=O) groups excluding carboxylic acids is 1. The van der Waals surface area contributed by atoms with Crippen molar-refractivity contribution in [3.05, 3.63) is 60.2 Å². The molecule has 0 heterocycles. The van der Waals surface area contributed by atoms with Gasteiger partial charge >= 0.3 is 5.97 Å². The predicted molar refractivity (Wildman–Crippen MR) is 96.8 cm³/mol. The fourth-order valence-corrected chi connectivity index (χ4v) is 2.71. The van der Waals surface area contributed by atoms with Crippen molar-refractivity contribution in [1.29, 1.82) is 0 Å². The standard InChI is InChI=1S/C20H23NO4/c1-3-25-17-11-9-16(10-12-17)21-20(24)18(13-19(22)23)14(2)15-7-5-4-6-8-15/h4-12,14,18H,3,13H2,1-2H3,(H,21,24)(H,22,23). The van der Waals surface area contributed by atoms with Gasteiger partial charge in [-0.15, -0.1) is 0 Å². The average molecular weight is 341 g/mol. The number of carbonyl (C=O) groups is 2. The molecule has 2 aromatic carbocycles. The van der Waals surface area contributed by atoms with Crippen molar-refractivity contribution in [3.8, 4) is 5.75 Å². The summed E-state index contributed by atoms with van der Waals surface area (Å²) in [6.07, 6.45) is -0.223. The quantitative estimate of drug-likeness (QED) is 0.763. The van der Waals surface area contributed by atoms with E-state index in [1.807, 2.05) is 44.2 Å². The number of ether oxygens (including phenoxy) is 1. The second-order valence-electron chi connectivity index (χ2n) is 5.85. The van der Waals surface area contributed by atoms with Crippen LogP contribution in [-0.4, -0.2) is 23.6 Å². The lowest BCUT2D eigenvalue weighted by atomic mass is 9.84. The summed E-state index contributed by atoms with van der Waals surface area (Å²) in [4.78, 5) is 23.9. The topological polar surface area (TPSA) is 75.6 Å². The summed E-state index contributed by atoms with van der Waals surface area (Å²) in [5.74, 6) is -1.44. The van der Waals surface area contributed by atoms with Crippen LogP contribution in [0, 0.1) is 5.92 Å². The first-order valence-electron chi connectivity index (χ1n) is 8.31. The van der Waals surface area contributed by atoms with Crippen molar-refractivity contribution in [3.63, 3.8) is 0 Å². The van der Waals surface area contributed by atoms with E-state index < -0.39 is 11.9 Å². The molecule has 0 fully saturated rings. The summed E-state index contributed by atoms with van der Waals surface area (Å²) in [5, 5.41) is 12.0. The van der Waals surface area contributed by atoms with E-state index in [4.69, 9.17) is 4.74 Å². The summed E-state index contributed by atoms with van der Waals surface area (Å²) in [7, 11) is 0. The number of aliphatic carboxylic acids is 1. The Bertz CT molecular complexity index is 697. The highest BCUT2D eigenvalue weighted by atomic mass is 16.5.